The van der Waals surface area contributed by atoms with Crippen molar-refractivity contribution >= 4 is 23.9 Å². The molecule has 0 spiro atoms. The number of nitrogens with one attached hydrogen (secondary N) is 1. The normalized spacial score (nSPS) is 10.2. The van der Waals surface area contributed by atoms with Crippen LogP contribution in [0.3, 0.4) is 0 Å². The lowest BCUT2D eigenvalue weighted by molar-refractivity contribution is 0.112. The van der Waals surface area contributed by atoms with Gasteiger partial charge in [-0.2, -0.15) is 0 Å². The summed E-state index contributed by atoms with van der Waals surface area (Å²) in [7, 11) is 0. The molecule has 2 aromatic rings. The van der Waals surface area contributed by atoms with Crippen LogP contribution in [0.2, 0.25) is 0 Å². The topological polar surface area (TPSA) is 54.9 Å². The monoisotopic (exact) mass is 273 g/mol. The van der Waals surface area contributed by atoms with Gasteiger partial charge in [-0.3, -0.25) is 4.79 Å². The molecule has 0 saturated heterocycles. The predicted molar refractivity (Wildman–Crippen MR) is 77.8 cm³/mol. The summed E-state index contributed by atoms with van der Waals surface area (Å²) in [5.74, 6) is 0.602. The van der Waals surface area contributed by atoms with Gasteiger partial charge in [-0.05, 0) is 18.2 Å². The van der Waals surface area contributed by atoms with Crippen molar-refractivity contribution in [1.29, 1.82) is 0 Å². The molecule has 1 aromatic carbocycles. The van der Waals surface area contributed by atoms with E-state index >= 15 is 0 Å². The fourth-order valence-electron chi connectivity index (χ4n) is 1.67. The number of nitrogens with zero attached hydrogens (tertiary/aromatic N) is 2. The van der Waals surface area contributed by atoms with Crippen molar-refractivity contribution in [3.63, 3.8) is 0 Å². The summed E-state index contributed by atoms with van der Waals surface area (Å²) < 4.78 is 0. The first-order valence-corrected chi connectivity index (χ1v) is 7.20. The van der Waals surface area contributed by atoms with Crippen LogP contribution in [0, 0.1) is 0 Å². The van der Waals surface area contributed by atoms with E-state index in [1.807, 2.05) is 24.5 Å². The first-order chi connectivity index (χ1) is 9.33. The maximum absolute atomic E-state index is 10.9. The Kier molecular flexibility index (Phi) is 4.92. The molecule has 0 bridgehead atoms. The van der Waals surface area contributed by atoms with Crippen molar-refractivity contribution in [3.05, 3.63) is 47.7 Å². The van der Waals surface area contributed by atoms with Gasteiger partial charge in [0.25, 0.3) is 0 Å². The lowest BCUT2D eigenvalue weighted by atomic mass is 10.1. The molecular weight excluding hydrogens is 258 g/mol. The van der Waals surface area contributed by atoms with Crippen molar-refractivity contribution < 1.29 is 4.79 Å². The predicted octanol–water partition coefficient (Wildman–Crippen LogP) is 2.67. The Morgan fingerprint density at radius 2 is 2.11 bits per heavy atom. The molecule has 0 atom stereocenters. The molecule has 0 fully saturated rings. The van der Waals surface area contributed by atoms with Gasteiger partial charge in [-0.25, -0.2) is 9.97 Å². The second-order valence-electron chi connectivity index (χ2n) is 3.94. The molecular formula is C14H15N3OS. The molecule has 5 heteroatoms. The number of hydrogen-bond donors (Lipinski definition) is 1. The molecule has 0 amide bonds. The van der Waals surface area contributed by atoms with Crippen LogP contribution in [0.15, 0.2) is 41.7 Å². The average Bonchev–Trinajstić information content (AvgIpc) is 2.48. The van der Waals surface area contributed by atoms with Gasteiger partial charge in [-0.15, -0.1) is 0 Å². The molecule has 0 aliphatic carbocycles. The summed E-state index contributed by atoms with van der Waals surface area (Å²) in [4.78, 5) is 19.3. The summed E-state index contributed by atoms with van der Waals surface area (Å²) in [5, 5.41) is 3.85. The quantitative estimate of drug-likeness (QED) is 0.498. The van der Waals surface area contributed by atoms with Gasteiger partial charge in [0.1, 0.15) is 5.82 Å². The molecule has 0 aliphatic rings. The molecule has 4 nitrogen and oxygen atoms in total. The zero-order valence-electron chi connectivity index (χ0n) is 10.7. The van der Waals surface area contributed by atoms with E-state index in [9.17, 15) is 4.79 Å². The second kappa shape index (κ2) is 6.89. The Hall–Kier alpha value is -1.88. The lowest BCUT2D eigenvalue weighted by Gasteiger charge is -2.08. The zero-order chi connectivity index (χ0) is 13.5. The minimum Gasteiger partial charge on any atom is -0.369 e. The average molecular weight is 273 g/mol. The van der Waals surface area contributed by atoms with Gasteiger partial charge in [0, 0.05) is 12.7 Å². The maximum atomic E-state index is 10.9. The first kappa shape index (κ1) is 13.5. The Balaban J connectivity index is 2.00. The van der Waals surface area contributed by atoms with E-state index in [4.69, 9.17) is 0 Å². The van der Waals surface area contributed by atoms with Crippen LogP contribution in [-0.4, -0.2) is 29.1 Å². The standard InChI is InChI=1S/C14H15N3OS/c1-19-14-16-9-12(10-18)13(17-14)15-8-7-11-5-3-2-4-6-11/h2-6,9-10H,7-8H2,1H3,(H,15,16,17). The van der Waals surface area contributed by atoms with E-state index < -0.39 is 0 Å². The molecule has 0 unspecified atom stereocenters. The number of thioether (sulfide) groups is 1. The highest BCUT2D eigenvalue weighted by Crippen LogP contribution is 2.15. The Morgan fingerprint density at radius 3 is 2.79 bits per heavy atom. The maximum Gasteiger partial charge on any atom is 0.189 e. The van der Waals surface area contributed by atoms with Crippen molar-refractivity contribution in [2.45, 2.75) is 11.6 Å². The molecule has 2 rings (SSSR count). The third kappa shape index (κ3) is 3.79. The Labute approximate surface area is 116 Å². The van der Waals surface area contributed by atoms with Gasteiger partial charge in [-0.1, -0.05) is 42.1 Å². The van der Waals surface area contributed by atoms with Crippen LogP contribution in [0.5, 0.6) is 0 Å². The van der Waals surface area contributed by atoms with E-state index in [-0.39, 0.29) is 0 Å². The van der Waals surface area contributed by atoms with Crippen molar-refractivity contribution in [2.24, 2.45) is 0 Å². The molecule has 1 N–H and O–H groups in total. The van der Waals surface area contributed by atoms with Crippen LogP contribution in [0.4, 0.5) is 5.82 Å². The smallest absolute Gasteiger partial charge is 0.189 e. The zero-order valence-corrected chi connectivity index (χ0v) is 11.5. The molecule has 1 heterocycles. The summed E-state index contributed by atoms with van der Waals surface area (Å²) in [6.07, 6.45) is 5.12. The van der Waals surface area contributed by atoms with Gasteiger partial charge in [0.2, 0.25) is 0 Å². The van der Waals surface area contributed by atoms with Crippen LogP contribution in [0.1, 0.15) is 15.9 Å². The van der Waals surface area contributed by atoms with Gasteiger partial charge >= 0.3 is 0 Å². The highest BCUT2D eigenvalue weighted by Gasteiger charge is 2.05. The first-order valence-electron chi connectivity index (χ1n) is 5.97. The number of rotatable bonds is 6. The number of anilines is 1. The summed E-state index contributed by atoms with van der Waals surface area (Å²) >= 11 is 1.45. The fraction of sp³-hybridized carbons (Fsp3) is 0.214. The minimum absolute atomic E-state index is 0.492. The number of aldehydes is 1. The van der Waals surface area contributed by atoms with Gasteiger partial charge < -0.3 is 5.32 Å². The van der Waals surface area contributed by atoms with E-state index in [0.29, 0.717) is 16.5 Å². The number of aromatic nitrogens is 2. The van der Waals surface area contributed by atoms with Crippen LogP contribution >= 0.6 is 11.8 Å². The number of carbonyl (C=O) groups excluding carboxylic acids is 1. The lowest BCUT2D eigenvalue weighted by Crippen LogP contribution is -2.09. The van der Waals surface area contributed by atoms with Gasteiger partial charge in [0.15, 0.2) is 11.4 Å². The molecule has 0 saturated carbocycles. The van der Waals surface area contributed by atoms with Crippen molar-refractivity contribution in [2.75, 3.05) is 18.1 Å². The molecule has 1 aromatic heterocycles. The number of benzene rings is 1. The summed E-state index contributed by atoms with van der Waals surface area (Å²) in [6, 6.07) is 10.2. The van der Waals surface area contributed by atoms with Crippen LogP contribution < -0.4 is 5.32 Å². The Morgan fingerprint density at radius 1 is 1.32 bits per heavy atom. The molecule has 98 valence electrons. The highest BCUT2D eigenvalue weighted by molar-refractivity contribution is 7.98. The molecule has 0 radical (unpaired) electrons. The molecule has 19 heavy (non-hydrogen) atoms. The number of carbonyl (C=O) groups is 1. The van der Waals surface area contributed by atoms with Gasteiger partial charge in [0.05, 0.1) is 5.56 Å². The second-order valence-corrected chi connectivity index (χ2v) is 4.71. The van der Waals surface area contributed by atoms with E-state index in [0.717, 1.165) is 19.3 Å². The third-order valence-corrected chi connectivity index (χ3v) is 3.22. The third-order valence-electron chi connectivity index (χ3n) is 2.65. The SMILES string of the molecule is CSc1ncc(C=O)c(NCCc2ccccc2)n1. The minimum atomic E-state index is 0.492. The molecule has 0 aliphatic heterocycles. The van der Waals surface area contributed by atoms with E-state index in [1.54, 1.807) is 6.20 Å². The van der Waals surface area contributed by atoms with Crippen LogP contribution in [-0.2, 0) is 6.42 Å². The van der Waals surface area contributed by atoms with E-state index in [1.165, 1.54) is 17.3 Å². The van der Waals surface area contributed by atoms with E-state index in [2.05, 4.69) is 27.4 Å². The van der Waals surface area contributed by atoms with Crippen LogP contribution in [0.25, 0.3) is 0 Å². The fourth-order valence-corrected chi connectivity index (χ4v) is 2.01. The summed E-state index contributed by atoms with van der Waals surface area (Å²) in [6.45, 7) is 0.732. The Bertz CT molecular complexity index is 546. The van der Waals surface area contributed by atoms with Crippen molar-refractivity contribution in [1.82, 2.24) is 9.97 Å². The summed E-state index contributed by atoms with van der Waals surface area (Å²) in [5.41, 5.74) is 1.74. The highest BCUT2D eigenvalue weighted by atomic mass is 32.2. The number of hydrogen-bond acceptors (Lipinski definition) is 5. The van der Waals surface area contributed by atoms with Crippen molar-refractivity contribution in [3.8, 4) is 0 Å². The largest absolute Gasteiger partial charge is 0.369 e.